The molecule has 36 heavy (non-hydrogen) atoms. The molecule has 0 spiro atoms. The molecular formula is C25H22F3N7O. The van der Waals surface area contributed by atoms with Crippen LogP contribution in [0.15, 0.2) is 42.6 Å². The highest BCUT2D eigenvalue weighted by Crippen LogP contribution is 2.34. The van der Waals surface area contributed by atoms with Gasteiger partial charge in [-0.05, 0) is 60.7 Å². The van der Waals surface area contributed by atoms with Crippen molar-refractivity contribution >= 4 is 22.5 Å². The van der Waals surface area contributed by atoms with Crippen LogP contribution >= 0.6 is 0 Å². The third-order valence-corrected chi connectivity index (χ3v) is 6.67. The van der Waals surface area contributed by atoms with Crippen LogP contribution in [0.2, 0.25) is 0 Å². The topological polar surface area (TPSA) is 88.8 Å². The molecule has 1 aliphatic carbocycles. The second-order valence-corrected chi connectivity index (χ2v) is 9.26. The smallest absolute Gasteiger partial charge is 0.349 e. The average Bonchev–Trinajstić information content (AvgIpc) is 3.56. The van der Waals surface area contributed by atoms with Crippen molar-refractivity contribution in [3.05, 3.63) is 65.4 Å². The molecule has 2 aromatic heterocycles. The first-order valence-electron chi connectivity index (χ1n) is 11.7. The van der Waals surface area contributed by atoms with Crippen molar-refractivity contribution in [3.63, 3.8) is 0 Å². The highest BCUT2D eigenvalue weighted by Gasteiger charge is 2.39. The quantitative estimate of drug-likeness (QED) is 0.460. The molecule has 2 aliphatic rings. The van der Waals surface area contributed by atoms with Gasteiger partial charge in [-0.15, -0.1) is 15.3 Å². The Labute approximate surface area is 204 Å². The molecule has 1 fully saturated rings. The fourth-order valence-corrected chi connectivity index (χ4v) is 4.59. The highest BCUT2D eigenvalue weighted by molar-refractivity contribution is 5.98. The van der Waals surface area contributed by atoms with Crippen molar-refractivity contribution in [1.82, 2.24) is 30.3 Å². The number of carbonyl (C=O) groups is 1. The molecule has 8 nitrogen and oxygen atoms in total. The standard InChI is InChI=1S/C25H22F3N7O/c1-14-2-3-16(23(36)30-18-5-6-18)11-20(14)15-4-7-19-17(10-15)12-29-32-22(19)34-8-9-35-21(13-34)31-33-24(35)25(26,27)28/h2-4,7,10-12,18H,5-6,8-9,13H2,1H3,(H,30,36). The van der Waals surface area contributed by atoms with Crippen molar-refractivity contribution in [2.45, 2.75) is 45.1 Å². The second-order valence-electron chi connectivity index (χ2n) is 9.26. The first-order valence-corrected chi connectivity index (χ1v) is 11.7. The van der Waals surface area contributed by atoms with E-state index >= 15 is 0 Å². The van der Waals surface area contributed by atoms with Gasteiger partial charge in [0.2, 0.25) is 5.82 Å². The highest BCUT2D eigenvalue weighted by atomic mass is 19.4. The number of anilines is 1. The van der Waals surface area contributed by atoms with Crippen LogP contribution in [-0.2, 0) is 19.3 Å². The molecule has 6 rings (SSSR count). The van der Waals surface area contributed by atoms with Gasteiger partial charge >= 0.3 is 6.18 Å². The molecule has 0 unspecified atom stereocenters. The van der Waals surface area contributed by atoms with Gasteiger partial charge in [0, 0.05) is 35.5 Å². The van der Waals surface area contributed by atoms with E-state index in [4.69, 9.17) is 0 Å². The van der Waals surface area contributed by atoms with E-state index in [-0.39, 0.29) is 30.9 Å². The molecule has 0 atom stereocenters. The van der Waals surface area contributed by atoms with Crippen LogP contribution in [0.4, 0.5) is 19.0 Å². The Morgan fingerprint density at radius 3 is 2.67 bits per heavy atom. The van der Waals surface area contributed by atoms with Crippen LogP contribution in [0.5, 0.6) is 0 Å². The molecule has 11 heteroatoms. The molecule has 0 radical (unpaired) electrons. The number of fused-ring (bicyclic) bond motifs is 2. The Morgan fingerprint density at radius 2 is 1.89 bits per heavy atom. The Morgan fingerprint density at radius 1 is 1.06 bits per heavy atom. The van der Waals surface area contributed by atoms with E-state index in [9.17, 15) is 18.0 Å². The van der Waals surface area contributed by atoms with Gasteiger partial charge in [-0.3, -0.25) is 4.79 Å². The number of aromatic nitrogens is 5. The Hall–Kier alpha value is -4.02. The van der Waals surface area contributed by atoms with Gasteiger partial charge < -0.3 is 14.8 Å². The van der Waals surface area contributed by atoms with Crippen molar-refractivity contribution in [3.8, 4) is 11.1 Å². The number of halogens is 3. The third kappa shape index (κ3) is 4.04. The lowest BCUT2D eigenvalue weighted by atomic mass is 9.96. The molecular weight excluding hydrogens is 471 g/mol. The summed E-state index contributed by atoms with van der Waals surface area (Å²) in [6.07, 6.45) is -0.832. The van der Waals surface area contributed by atoms with Gasteiger partial charge in [0.1, 0.15) is 0 Å². The summed E-state index contributed by atoms with van der Waals surface area (Å²) in [6, 6.07) is 11.9. The van der Waals surface area contributed by atoms with Crippen molar-refractivity contribution in [1.29, 1.82) is 0 Å². The second kappa shape index (κ2) is 8.28. The molecule has 2 aromatic carbocycles. The van der Waals surface area contributed by atoms with E-state index in [0.29, 0.717) is 17.9 Å². The van der Waals surface area contributed by atoms with Gasteiger partial charge in [-0.25, -0.2) is 0 Å². The summed E-state index contributed by atoms with van der Waals surface area (Å²) in [5.41, 5.74) is 3.54. The molecule has 184 valence electrons. The SMILES string of the molecule is Cc1ccc(C(=O)NC2CC2)cc1-c1ccc2c(N3CCn4c(nnc4C(F)(F)F)C3)nncc2c1. The maximum absolute atomic E-state index is 13.2. The number of nitrogens with one attached hydrogen (secondary N) is 1. The number of hydrogen-bond donors (Lipinski definition) is 1. The van der Waals surface area contributed by atoms with Crippen LogP contribution in [0, 0.1) is 6.92 Å². The molecule has 1 aliphatic heterocycles. The number of alkyl halides is 3. The fraction of sp³-hybridized carbons (Fsp3) is 0.320. The summed E-state index contributed by atoms with van der Waals surface area (Å²) >= 11 is 0. The zero-order valence-electron chi connectivity index (χ0n) is 19.4. The molecule has 3 heterocycles. The molecule has 0 saturated heterocycles. The van der Waals surface area contributed by atoms with E-state index in [1.807, 2.05) is 48.2 Å². The number of benzene rings is 2. The number of hydrogen-bond acceptors (Lipinski definition) is 6. The van der Waals surface area contributed by atoms with Gasteiger partial charge in [-0.2, -0.15) is 18.3 Å². The summed E-state index contributed by atoms with van der Waals surface area (Å²) in [6.45, 7) is 2.57. The number of nitrogens with zero attached hydrogens (tertiary/aromatic N) is 6. The van der Waals surface area contributed by atoms with Gasteiger partial charge in [0.15, 0.2) is 11.6 Å². The number of amides is 1. The Balaban J connectivity index is 1.32. The lowest BCUT2D eigenvalue weighted by Crippen LogP contribution is -2.36. The number of aryl methyl sites for hydroxylation is 1. The summed E-state index contributed by atoms with van der Waals surface area (Å²) in [4.78, 5) is 14.4. The number of rotatable bonds is 4. The lowest BCUT2D eigenvalue weighted by molar-refractivity contribution is -0.147. The van der Waals surface area contributed by atoms with Crippen molar-refractivity contribution in [2.24, 2.45) is 0 Å². The van der Waals surface area contributed by atoms with Crippen LogP contribution in [-0.4, -0.2) is 43.5 Å². The monoisotopic (exact) mass is 493 g/mol. The lowest BCUT2D eigenvalue weighted by Gasteiger charge is -2.29. The summed E-state index contributed by atoms with van der Waals surface area (Å²) in [7, 11) is 0. The maximum atomic E-state index is 13.2. The molecule has 1 saturated carbocycles. The van der Waals surface area contributed by atoms with Crippen molar-refractivity contribution < 1.29 is 18.0 Å². The minimum atomic E-state index is -4.54. The first kappa shape index (κ1) is 22.4. The van der Waals surface area contributed by atoms with E-state index in [2.05, 4.69) is 25.7 Å². The zero-order chi connectivity index (χ0) is 25.0. The Bertz CT molecular complexity index is 1490. The minimum Gasteiger partial charge on any atom is -0.349 e. The largest absolute Gasteiger partial charge is 0.451 e. The van der Waals surface area contributed by atoms with Gasteiger partial charge in [0.25, 0.3) is 5.91 Å². The molecule has 1 N–H and O–H groups in total. The van der Waals surface area contributed by atoms with Gasteiger partial charge in [0.05, 0.1) is 12.7 Å². The maximum Gasteiger partial charge on any atom is 0.451 e. The fourth-order valence-electron chi connectivity index (χ4n) is 4.59. The van der Waals surface area contributed by atoms with Crippen LogP contribution in [0.1, 0.15) is 40.4 Å². The van der Waals surface area contributed by atoms with E-state index in [0.717, 1.165) is 44.9 Å². The van der Waals surface area contributed by atoms with Gasteiger partial charge in [-0.1, -0.05) is 12.1 Å². The molecule has 4 aromatic rings. The summed E-state index contributed by atoms with van der Waals surface area (Å²) in [5, 5.41) is 20.2. The normalized spacial score (nSPS) is 15.7. The van der Waals surface area contributed by atoms with Crippen LogP contribution in [0.25, 0.3) is 21.9 Å². The average molecular weight is 493 g/mol. The third-order valence-electron chi connectivity index (χ3n) is 6.67. The predicted octanol–water partition coefficient (Wildman–Crippen LogP) is 4.13. The van der Waals surface area contributed by atoms with E-state index in [1.165, 1.54) is 0 Å². The predicted molar refractivity (Wildman–Crippen MR) is 126 cm³/mol. The van der Waals surface area contributed by atoms with Crippen LogP contribution < -0.4 is 10.2 Å². The zero-order valence-corrected chi connectivity index (χ0v) is 19.4. The first-order chi connectivity index (χ1) is 17.3. The van der Waals surface area contributed by atoms with Crippen molar-refractivity contribution in [2.75, 3.05) is 11.4 Å². The summed E-state index contributed by atoms with van der Waals surface area (Å²) < 4.78 is 40.7. The Kier molecular flexibility index (Phi) is 5.16. The van der Waals surface area contributed by atoms with Crippen LogP contribution in [0.3, 0.4) is 0 Å². The number of carbonyl (C=O) groups excluding carboxylic acids is 1. The molecule has 0 bridgehead atoms. The van der Waals surface area contributed by atoms with E-state index < -0.39 is 12.0 Å². The van der Waals surface area contributed by atoms with E-state index in [1.54, 1.807) is 6.20 Å². The molecule has 1 amide bonds. The summed E-state index contributed by atoms with van der Waals surface area (Å²) in [5.74, 6) is -0.231. The minimum absolute atomic E-state index is 0.0701.